The van der Waals surface area contributed by atoms with Crippen LogP contribution in [0.25, 0.3) is 11.0 Å². The Balaban J connectivity index is 1.57. The molecule has 0 radical (unpaired) electrons. The van der Waals surface area contributed by atoms with Crippen LogP contribution >= 0.6 is 11.8 Å². The molecule has 0 spiro atoms. The molecule has 0 aliphatic heterocycles. The van der Waals surface area contributed by atoms with Crippen LogP contribution in [-0.2, 0) is 4.79 Å². The molecule has 5 heteroatoms. The van der Waals surface area contributed by atoms with Crippen LogP contribution in [0.1, 0.15) is 18.7 Å². The molecular weight excluding hydrogens is 313 g/mol. The van der Waals surface area contributed by atoms with Gasteiger partial charge in [-0.3, -0.25) is 4.79 Å². The highest BCUT2D eigenvalue weighted by atomic mass is 32.2. The Hall–Kier alpha value is -2.27. The van der Waals surface area contributed by atoms with Crippen LogP contribution in [0.2, 0.25) is 0 Å². The quantitative estimate of drug-likeness (QED) is 0.699. The highest BCUT2D eigenvalue weighted by molar-refractivity contribution is 8.00. The molecule has 1 N–H and O–H groups in total. The predicted octanol–water partition coefficient (Wildman–Crippen LogP) is 4.54. The van der Waals surface area contributed by atoms with Gasteiger partial charge in [0.25, 0.3) is 0 Å². The summed E-state index contributed by atoms with van der Waals surface area (Å²) >= 11 is 1.37. The van der Waals surface area contributed by atoms with Gasteiger partial charge in [0.1, 0.15) is 17.2 Å². The zero-order valence-corrected chi connectivity index (χ0v) is 13.4. The van der Waals surface area contributed by atoms with E-state index in [1.54, 1.807) is 12.1 Å². The molecule has 118 valence electrons. The fourth-order valence-electron chi connectivity index (χ4n) is 2.25. The molecule has 1 heterocycles. The summed E-state index contributed by atoms with van der Waals surface area (Å²) in [5.41, 5.74) is 0.810. The number of carbonyl (C=O) groups is 1. The number of para-hydroxylation sites is 1. The second-order valence-corrected chi connectivity index (χ2v) is 6.27. The Labute approximate surface area is 137 Å². The lowest BCUT2D eigenvalue weighted by Gasteiger charge is -2.11. The van der Waals surface area contributed by atoms with E-state index in [4.69, 9.17) is 4.42 Å². The summed E-state index contributed by atoms with van der Waals surface area (Å²) in [5, 5.41) is 3.93. The van der Waals surface area contributed by atoms with E-state index in [9.17, 15) is 9.18 Å². The molecule has 3 aromatic rings. The number of nitrogens with one attached hydrogen (secondary N) is 1. The Morgan fingerprint density at radius 2 is 1.96 bits per heavy atom. The standard InChI is InChI=1S/C18H16FNO2S/c1-12(17-10-13-4-2-3-5-16(13)22-17)20-18(21)11-23-15-8-6-14(19)7-9-15/h2-10,12H,11H2,1H3,(H,20,21)/t12-/m0/s1. The Bertz CT molecular complexity index is 780. The third-order valence-electron chi connectivity index (χ3n) is 3.43. The smallest absolute Gasteiger partial charge is 0.230 e. The number of carbonyl (C=O) groups excluding carboxylic acids is 1. The first-order chi connectivity index (χ1) is 11.1. The van der Waals surface area contributed by atoms with Crippen LogP contribution in [0.3, 0.4) is 0 Å². The average molecular weight is 329 g/mol. The summed E-state index contributed by atoms with van der Waals surface area (Å²) in [6.07, 6.45) is 0. The van der Waals surface area contributed by atoms with E-state index in [1.165, 1.54) is 23.9 Å². The third-order valence-corrected chi connectivity index (χ3v) is 4.44. The van der Waals surface area contributed by atoms with Crippen molar-refractivity contribution in [3.63, 3.8) is 0 Å². The lowest BCUT2D eigenvalue weighted by molar-refractivity contribution is -0.119. The van der Waals surface area contributed by atoms with Crippen molar-refractivity contribution >= 4 is 28.6 Å². The van der Waals surface area contributed by atoms with E-state index >= 15 is 0 Å². The van der Waals surface area contributed by atoms with Crippen LogP contribution in [0.15, 0.2) is 63.9 Å². The van der Waals surface area contributed by atoms with Crippen molar-refractivity contribution in [2.45, 2.75) is 17.9 Å². The van der Waals surface area contributed by atoms with Crippen LogP contribution < -0.4 is 5.32 Å². The van der Waals surface area contributed by atoms with E-state index < -0.39 is 0 Å². The molecular formula is C18H16FNO2S. The van der Waals surface area contributed by atoms with Gasteiger partial charge in [-0.1, -0.05) is 18.2 Å². The zero-order chi connectivity index (χ0) is 16.2. The van der Waals surface area contributed by atoms with E-state index in [-0.39, 0.29) is 23.5 Å². The van der Waals surface area contributed by atoms with Gasteiger partial charge in [-0.15, -0.1) is 11.8 Å². The van der Waals surface area contributed by atoms with Gasteiger partial charge in [-0.2, -0.15) is 0 Å². The monoisotopic (exact) mass is 329 g/mol. The van der Waals surface area contributed by atoms with Crippen LogP contribution in [0, 0.1) is 5.82 Å². The van der Waals surface area contributed by atoms with Crippen LogP contribution in [0.5, 0.6) is 0 Å². The highest BCUT2D eigenvalue weighted by Crippen LogP contribution is 2.24. The van der Waals surface area contributed by atoms with E-state index in [2.05, 4.69) is 5.32 Å². The first kappa shape index (κ1) is 15.6. The summed E-state index contributed by atoms with van der Waals surface area (Å²) in [4.78, 5) is 12.9. The molecule has 2 aromatic carbocycles. The molecule has 0 saturated carbocycles. The summed E-state index contributed by atoms with van der Waals surface area (Å²) in [6, 6.07) is 15.6. The van der Waals surface area contributed by atoms with Crippen LogP contribution in [-0.4, -0.2) is 11.7 Å². The summed E-state index contributed by atoms with van der Waals surface area (Å²) in [5.74, 6) is 0.631. The minimum atomic E-state index is -0.280. The van der Waals surface area contributed by atoms with Crippen molar-refractivity contribution in [3.8, 4) is 0 Å². The van der Waals surface area contributed by atoms with Gasteiger partial charge >= 0.3 is 0 Å². The van der Waals surface area contributed by atoms with Crippen LogP contribution in [0.4, 0.5) is 4.39 Å². The van der Waals surface area contributed by atoms with Crippen molar-refractivity contribution in [3.05, 3.63) is 66.2 Å². The van der Waals surface area contributed by atoms with Gasteiger partial charge in [0, 0.05) is 10.3 Å². The van der Waals surface area contributed by atoms with Gasteiger partial charge in [0.2, 0.25) is 5.91 Å². The first-order valence-electron chi connectivity index (χ1n) is 7.28. The third kappa shape index (κ3) is 3.93. The highest BCUT2D eigenvalue weighted by Gasteiger charge is 2.14. The lowest BCUT2D eigenvalue weighted by atomic mass is 10.2. The zero-order valence-electron chi connectivity index (χ0n) is 12.6. The maximum Gasteiger partial charge on any atom is 0.230 e. The second-order valence-electron chi connectivity index (χ2n) is 5.22. The number of thioether (sulfide) groups is 1. The number of amides is 1. The normalized spacial score (nSPS) is 12.3. The average Bonchev–Trinajstić information content (AvgIpc) is 2.98. The predicted molar refractivity (Wildman–Crippen MR) is 89.9 cm³/mol. The van der Waals surface area contributed by atoms with E-state index in [1.807, 2.05) is 37.3 Å². The molecule has 0 aliphatic carbocycles. The molecule has 3 nitrogen and oxygen atoms in total. The largest absolute Gasteiger partial charge is 0.459 e. The molecule has 0 fully saturated rings. The van der Waals surface area contributed by atoms with Crippen molar-refractivity contribution in [1.82, 2.24) is 5.32 Å². The fraction of sp³-hybridized carbons (Fsp3) is 0.167. The number of rotatable bonds is 5. The van der Waals surface area contributed by atoms with Crippen molar-refractivity contribution in [1.29, 1.82) is 0 Å². The SMILES string of the molecule is C[C@H](NC(=O)CSc1ccc(F)cc1)c1cc2ccccc2o1. The Morgan fingerprint density at radius 1 is 1.22 bits per heavy atom. The van der Waals surface area contributed by atoms with E-state index in [0.717, 1.165) is 21.6 Å². The number of benzene rings is 2. The molecule has 1 atom stereocenters. The topological polar surface area (TPSA) is 42.2 Å². The van der Waals surface area contributed by atoms with Gasteiger partial charge in [-0.05, 0) is 43.3 Å². The number of hydrogen-bond donors (Lipinski definition) is 1. The number of furan rings is 1. The van der Waals surface area contributed by atoms with E-state index in [0.29, 0.717) is 0 Å². The number of hydrogen-bond acceptors (Lipinski definition) is 3. The Morgan fingerprint density at radius 3 is 2.70 bits per heavy atom. The summed E-state index contributed by atoms with van der Waals surface area (Å²) < 4.78 is 18.6. The molecule has 0 aliphatic rings. The van der Waals surface area contributed by atoms with Crippen molar-refractivity contribution in [2.75, 3.05) is 5.75 Å². The summed E-state index contributed by atoms with van der Waals surface area (Å²) in [7, 11) is 0. The lowest BCUT2D eigenvalue weighted by Crippen LogP contribution is -2.27. The van der Waals surface area contributed by atoms with Gasteiger partial charge in [0.15, 0.2) is 0 Å². The van der Waals surface area contributed by atoms with Gasteiger partial charge in [-0.25, -0.2) is 4.39 Å². The molecule has 0 bridgehead atoms. The molecule has 0 saturated heterocycles. The van der Waals surface area contributed by atoms with Gasteiger partial charge in [0.05, 0.1) is 11.8 Å². The van der Waals surface area contributed by atoms with Crippen molar-refractivity contribution < 1.29 is 13.6 Å². The maximum atomic E-state index is 12.8. The minimum Gasteiger partial charge on any atom is -0.459 e. The molecule has 3 rings (SSSR count). The first-order valence-corrected chi connectivity index (χ1v) is 8.26. The van der Waals surface area contributed by atoms with Gasteiger partial charge < -0.3 is 9.73 Å². The summed E-state index contributed by atoms with van der Waals surface area (Å²) in [6.45, 7) is 1.89. The Kier molecular flexibility index (Phi) is 4.67. The molecule has 23 heavy (non-hydrogen) atoms. The molecule has 0 unspecified atom stereocenters. The van der Waals surface area contributed by atoms with Crippen molar-refractivity contribution in [2.24, 2.45) is 0 Å². The maximum absolute atomic E-state index is 12.8. The number of fused-ring (bicyclic) bond motifs is 1. The number of halogens is 1. The fourth-order valence-corrected chi connectivity index (χ4v) is 2.96. The minimum absolute atomic E-state index is 0.0905. The molecule has 1 aromatic heterocycles. The molecule has 1 amide bonds. The second kappa shape index (κ2) is 6.87.